The molecule has 0 atom stereocenters. The minimum atomic E-state index is 0.621. The van der Waals surface area contributed by atoms with Crippen LogP contribution in [0.15, 0.2) is 23.4 Å². The van der Waals surface area contributed by atoms with Crippen LogP contribution in [0.3, 0.4) is 0 Å². The van der Waals surface area contributed by atoms with Gasteiger partial charge < -0.3 is 14.5 Å². The summed E-state index contributed by atoms with van der Waals surface area (Å²) in [7, 11) is 4.18. The van der Waals surface area contributed by atoms with Crippen molar-refractivity contribution in [1.29, 1.82) is 0 Å². The average molecular weight is 284 g/mol. The number of nitrogens with one attached hydrogen (secondary N) is 1. The number of halogens is 1. The highest BCUT2D eigenvalue weighted by Crippen LogP contribution is 2.27. The molecule has 5 heteroatoms. The molecule has 1 aromatic carbocycles. The number of oxime groups is 1. The molecule has 1 N–H and O–H groups in total. The minimum Gasteiger partial charge on any atom is -0.493 e. The lowest BCUT2D eigenvalue weighted by molar-refractivity contribution is -0.858. The van der Waals surface area contributed by atoms with E-state index in [2.05, 4.69) is 19.3 Å². The third-order valence-electron chi connectivity index (χ3n) is 2.94. The van der Waals surface area contributed by atoms with Crippen molar-refractivity contribution >= 4 is 17.3 Å². The first-order chi connectivity index (χ1) is 9.16. The van der Waals surface area contributed by atoms with Gasteiger partial charge in [-0.3, -0.25) is 0 Å². The Kier molecular flexibility index (Phi) is 5.05. The molecule has 104 valence electrons. The highest BCUT2D eigenvalue weighted by molar-refractivity contribution is 6.30. The standard InChI is InChI=1S/C14H19ClN2O2/c1-17(2)7-9-19-16-13-4-3-8-18-14-10-11(15)5-6-12(13)14/h5-6,10H,3-4,7-9H2,1-2H3/p+1/b16-13-. The van der Waals surface area contributed by atoms with Crippen molar-refractivity contribution in [2.45, 2.75) is 12.8 Å². The Morgan fingerprint density at radius 1 is 1.42 bits per heavy atom. The molecule has 0 saturated carbocycles. The molecule has 1 aliphatic heterocycles. The van der Waals surface area contributed by atoms with E-state index in [-0.39, 0.29) is 0 Å². The van der Waals surface area contributed by atoms with Gasteiger partial charge in [0.1, 0.15) is 12.3 Å². The van der Waals surface area contributed by atoms with Crippen LogP contribution >= 0.6 is 11.6 Å². The van der Waals surface area contributed by atoms with Crippen molar-refractivity contribution in [2.75, 3.05) is 33.9 Å². The minimum absolute atomic E-state index is 0.621. The molecule has 2 rings (SSSR count). The van der Waals surface area contributed by atoms with E-state index in [9.17, 15) is 0 Å². The number of hydrogen-bond donors (Lipinski definition) is 1. The van der Waals surface area contributed by atoms with E-state index < -0.39 is 0 Å². The molecule has 4 nitrogen and oxygen atoms in total. The summed E-state index contributed by atoms with van der Waals surface area (Å²) in [6, 6.07) is 5.64. The molecule has 19 heavy (non-hydrogen) atoms. The van der Waals surface area contributed by atoms with Crippen molar-refractivity contribution < 1.29 is 14.5 Å². The van der Waals surface area contributed by atoms with Gasteiger partial charge in [-0.05, 0) is 31.0 Å². The average Bonchev–Trinajstić information content (AvgIpc) is 2.56. The number of likely N-dealkylation sites (N-methyl/N-ethyl adjacent to an activating group) is 1. The SMILES string of the molecule is C[NH+](C)CCO/N=C1/CCCOc2cc(Cl)ccc21. The van der Waals surface area contributed by atoms with Gasteiger partial charge in [-0.2, -0.15) is 0 Å². The Morgan fingerprint density at radius 3 is 3.05 bits per heavy atom. The zero-order valence-electron chi connectivity index (χ0n) is 11.4. The predicted molar refractivity (Wildman–Crippen MR) is 76.3 cm³/mol. The highest BCUT2D eigenvalue weighted by Gasteiger charge is 2.16. The lowest BCUT2D eigenvalue weighted by atomic mass is 10.1. The molecule has 0 unspecified atom stereocenters. The fraction of sp³-hybridized carbons (Fsp3) is 0.500. The Bertz CT molecular complexity index is 461. The maximum atomic E-state index is 5.99. The Labute approximate surface area is 118 Å². The third kappa shape index (κ3) is 4.11. The van der Waals surface area contributed by atoms with Crippen LogP contribution < -0.4 is 9.64 Å². The summed E-state index contributed by atoms with van der Waals surface area (Å²) in [6.45, 7) is 2.24. The zero-order chi connectivity index (χ0) is 13.7. The number of fused-ring (bicyclic) bond motifs is 1. The van der Waals surface area contributed by atoms with Crippen LogP contribution in [0, 0.1) is 0 Å². The topological polar surface area (TPSA) is 35.3 Å². The van der Waals surface area contributed by atoms with Gasteiger partial charge in [0, 0.05) is 10.6 Å². The second-order valence-electron chi connectivity index (χ2n) is 4.92. The van der Waals surface area contributed by atoms with Crippen LogP contribution in [-0.2, 0) is 4.84 Å². The van der Waals surface area contributed by atoms with E-state index in [0.717, 1.165) is 36.4 Å². The van der Waals surface area contributed by atoms with E-state index in [4.69, 9.17) is 21.2 Å². The van der Waals surface area contributed by atoms with Gasteiger partial charge in [-0.25, -0.2) is 0 Å². The molecule has 1 aromatic rings. The quantitative estimate of drug-likeness (QED) is 0.669. The Balaban J connectivity index is 2.10. The van der Waals surface area contributed by atoms with Gasteiger partial charge in [0.15, 0.2) is 6.61 Å². The summed E-state index contributed by atoms with van der Waals surface area (Å²) >= 11 is 5.99. The molecule has 0 spiro atoms. The first kappa shape index (κ1) is 14.2. The van der Waals surface area contributed by atoms with Crippen LogP contribution in [-0.4, -0.2) is 39.6 Å². The summed E-state index contributed by atoms with van der Waals surface area (Å²) in [5.41, 5.74) is 1.93. The van der Waals surface area contributed by atoms with Crippen molar-refractivity contribution in [3.63, 3.8) is 0 Å². The van der Waals surface area contributed by atoms with Crippen molar-refractivity contribution in [2.24, 2.45) is 5.16 Å². The zero-order valence-corrected chi connectivity index (χ0v) is 12.2. The molecule has 0 bridgehead atoms. The van der Waals surface area contributed by atoms with Gasteiger partial charge >= 0.3 is 0 Å². The first-order valence-corrected chi connectivity index (χ1v) is 6.95. The lowest BCUT2D eigenvalue weighted by Gasteiger charge is -2.09. The van der Waals surface area contributed by atoms with Crippen LogP contribution in [0.5, 0.6) is 5.75 Å². The van der Waals surface area contributed by atoms with E-state index in [1.807, 2.05) is 18.2 Å². The number of benzene rings is 1. The summed E-state index contributed by atoms with van der Waals surface area (Å²) in [5.74, 6) is 0.797. The number of hydrogen-bond acceptors (Lipinski definition) is 3. The van der Waals surface area contributed by atoms with E-state index in [1.165, 1.54) is 4.90 Å². The normalized spacial score (nSPS) is 16.9. The maximum absolute atomic E-state index is 5.99. The molecular formula is C14H20ClN2O2+. The predicted octanol–water partition coefficient (Wildman–Crippen LogP) is 1.38. The maximum Gasteiger partial charge on any atom is 0.165 e. The number of rotatable bonds is 4. The largest absolute Gasteiger partial charge is 0.493 e. The van der Waals surface area contributed by atoms with Crippen molar-refractivity contribution in [3.05, 3.63) is 28.8 Å². The van der Waals surface area contributed by atoms with Crippen LogP contribution in [0.2, 0.25) is 5.02 Å². The summed E-state index contributed by atoms with van der Waals surface area (Å²) < 4.78 is 5.68. The van der Waals surface area contributed by atoms with Gasteiger partial charge in [0.25, 0.3) is 0 Å². The number of quaternary nitrogens is 1. The van der Waals surface area contributed by atoms with Gasteiger partial charge in [-0.1, -0.05) is 16.8 Å². The molecule has 0 aliphatic carbocycles. The fourth-order valence-corrected chi connectivity index (χ4v) is 2.04. The van der Waals surface area contributed by atoms with Crippen LogP contribution in [0.25, 0.3) is 0 Å². The molecular weight excluding hydrogens is 264 g/mol. The van der Waals surface area contributed by atoms with Gasteiger partial charge in [-0.15, -0.1) is 0 Å². The summed E-state index contributed by atoms with van der Waals surface area (Å²) in [4.78, 5) is 6.75. The fourth-order valence-electron chi connectivity index (χ4n) is 1.88. The second-order valence-corrected chi connectivity index (χ2v) is 5.36. The highest BCUT2D eigenvalue weighted by atomic mass is 35.5. The van der Waals surface area contributed by atoms with Crippen molar-refractivity contribution in [3.8, 4) is 5.75 Å². The van der Waals surface area contributed by atoms with Crippen LogP contribution in [0.1, 0.15) is 18.4 Å². The Hall–Kier alpha value is -1.26. The molecule has 0 amide bonds. The molecule has 1 aliphatic rings. The van der Waals surface area contributed by atoms with Crippen LogP contribution in [0.4, 0.5) is 0 Å². The first-order valence-electron chi connectivity index (χ1n) is 6.57. The molecule has 0 saturated heterocycles. The molecule has 1 heterocycles. The number of nitrogens with zero attached hydrogens (tertiary/aromatic N) is 1. The third-order valence-corrected chi connectivity index (χ3v) is 3.17. The second kappa shape index (κ2) is 6.78. The van der Waals surface area contributed by atoms with Gasteiger partial charge in [0.05, 0.1) is 26.4 Å². The summed E-state index contributed by atoms with van der Waals surface area (Å²) in [6.07, 6.45) is 1.80. The van der Waals surface area contributed by atoms with Crippen molar-refractivity contribution in [1.82, 2.24) is 0 Å². The van der Waals surface area contributed by atoms with Gasteiger partial charge in [0.2, 0.25) is 0 Å². The monoisotopic (exact) mass is 283 g/mol. The molecule has 0 radical (unpaired) electrons. The summed E-state index contributed by atoms with van der Waals surface area (Å²) in [5, 5.41) is 4.94. The molecule has 0 aromatic heterocycles. The Morgan fingerprint density at radius 2 is 2.26 bits per heavy atom. The van der Waals surface area contributed by atoms with E-state index in [0.29, 0.717) is 18.2 Å². The number of ether oxygens (including phenoxy) is 1. The molecule has 0 fully saturated rings. The van der Waals surface area contributed by atoms with E-state index >= 15 is 0 Å². The lowest BCUT2D eigenvalue weighted by Crippen LogP contribution is -3.06. The smallest absolute Gasteiger partial charge is 0.165 e. The van der Waals surface area contributed by atoms with E-state index in [1.54, 1.807) is 0 Å².